The van der Waals surface area contributed by atoms with E-state index in [1.165, 1.54) is 6.92 Å². The van der Waals surface area contributed by atoms with Crippen LogP contribution in [0.4, 0.5) is 4.79 Å². The highest BCUT2D eigenvalue weighted by molar-refractivity contribution is 6.09. The summed E-state index contributed by atoms with van der Waals surface area (Å²) in [4.78, 5) is 33.0. The van der Waals surface area contributed by atoms with Gasteiger partial charge in [0.1, 0.15) is 11.8 Å². The van der Waals surface area contributed by atoms with Crippen LogP contribution in [0, 0.1) is 11.3 Å². The fraction of sp³-hybridized carbons (Fsp3) is 0.400. The molecule has 0 aromatic heterocycles. The van der Waals surface area contributed by atoms with Crippen LogP contribution in [-0.2, 0) is 14.3 Å². The van der Waals surface area contributed by atoms with Gasteiger partial charge in [-0.1, -0.05) is 0 Å². The van der Waals surface area contributed by atoms with Gasteiger partial charge in [-0.2, -0.15) is 5.26 Å². The molecule has 0 aromatic carbocycles. The van der Waals surface area contributed by atoms with E-state index >= 15 is 0 Å². The summed E-state index contributed by atoms with van der Waals surface area (Å²) in [5, 5.41) is 12.4. The lowest BCUT2D eigenvalue weighted by molar-refractivity contribution is -0.118. The number of carbonyl (C=O) groups excluding carboxylic acids is 3. The Bertz CT molecular complexity index is 406. The smallest absolute Gasteiger partial charge is 0.328 e. The zero-order valence-electron chi connectivity index (χ0n) is 9.79. The monoisotopic (exact) mass is 239 g/mol. The SMILES string of the molecule is CCO/C(C)=C(/C#N)C(=O)NC(=O)NC(C)=O. The summed E-state index contributed by atoms with van der Waals surface area (Å²) in [5.74, 6) is -1.42. The van der Waals surface area contributed by atoms with Gasteiger partial charge >= 0.3 is 6.03 Å². The van der Waals surface area contributed by atoms with Gasteiger partial charge in [0.25, 0.3) is 5.91 Å². The third kappa shape index (κ3) is 5.32. The number of nitrogens with one attached hydrogen (secondary N) is 2. The lowest BCUT2D eigenvalue weighted by Gasteiger charge is -2.06. The zero-order valence-corrected chi connectivity index (χ0v) is 9.79. The van der Waals surface area contributed by atoms with Gasteiger partial charge in [0.05, 0.1) is 6.61 Å². The topological polar surface area (TPSA) is 108 Å². The van der Waals surface area contributed by atoms with E-state index in [2.05, 4.69) is 0 Å². The standard InChI is InChI=1S/C10H13N3O4/c1-4-17-6(2)8(5-11)9(15)13-10(16)12-7(3)14/h4H2,1-3H3,(H2,12,13,14,15,16)/b8-6-. The highest BCUT2D eigenvalue weighted by atomic mass is 16.5. The molecule has 0 atom stereocenters. The van der Waals surface area contributed by atoms with Crippen LogP contribution in [0.5, 0.6) is 0 Å². The van der Waals surface area contributed by atoms with Crippen molar-refractivity contribution in [3.8, 4) is 6.07 Å². The minimum Gasteiger partial charge on any atom is -0.497 e. The van der Waals surface area contributed by atoms with E-state index in [-0.39, 0.29) is 11.3 Å². The second kappa shape index (κ2) is 7.00. The number of hydrogen-bond donors (Lipinski definition) is 2. The fourth-order valence-corrected chi connectivity index (χ4v) is 0.935. The maximum atomic E-state index is 11.4. The first-order valence-electron chi connectivity index (χ1n) is 4.79. The molecule has 2 N–H and O–H groups in total. The summed E-state index contributed by atoms with van der Waals surface area (Å²) in [5.41, 5.74) is -0.314. The van der Waals surface area contributed by atoms with Gasteiger partial charge in [-0.25, -0.2) is 4.79 Å². The first-order chi connectivity index (χ1) is 7.92. The first kappa shape index (κ1) is 14.6. The zero-order chi connectivity index (χ0) is 13.4. The van der Waals surface area contributed by atoms with E-state index in [1.807, 2.05) is 10.6 Å². The molecule has 0 bridgehead atoms. The Morgan fingerprint density at radius 2 is 1.82 bits per heavy atom. The number of nitriles is 1. The predicted octanol–water partition coefficient (Wildman–Crippen LogP) is 0.193. The van der Waals surface area contributed by atoms with Gasteiger partial charge in [-0.05, 0) is 13.8 Å². The van der Waals surface area contributed by atoms with E-state index in [9.17, 15) is 14.4 Å². The van der Waals surface area contributed by atoms with Crippen LogP contribution < -0.4 is 10.6 Å². The number of carbonyl (C=O) groups is 3. The number of hydrogen-bond acceptors (Lipinski definition) is 5. The molecule has 0 aliphatic carbocycles. The lowest BCUT2D eigenvalue weighted by Crippen LogP contribution is -2.42. The van der Waals surface area contributed by atoms with Gasteiger partial charge in [-0.15, -0.1) is 0 Å². The summed E-state index contributed by atoms with van der Waals surface area (Å²) >= 11 is 0. The molecule has 17 heavy (non-hydrogen) atoms. The van der Waals surface area contributed by atoms with Crippen molar-refractivity contribution < 1.29 is 19.1 Å². The summed E-state index contributed by atoms with van der Waals surface area (Å²) < 4.78 is 4.98. The molecule has 0 radical (unpaired) electrons. The maximum absolute atomic E-state index is 11.4. The van der Waals surface area contributed by atoms with Crippen molar-refractivity contribution in [1.29, 1.82) is 5.26 Å². The van der Waals surface area contributed by atoms with E-state index in [1.54, 1.807) is 13.0 Å². The number of amides is 4. The Hall–Kier alpha value is -2.36. The van der Waals surface area contributed by atoms with Crippen LogP contribution in [0.25, 0.3) is 0 Å². The summed E-state index contributed by atoms with van der Waals surface area (Å²) in [7, 11) is 0. The Labute approximate surface area is 98.4 Å². The molecule has 0 rings (SSSR count). The molecule has 4 amide bonds. The molecule has 92 valence electrons. The molecule has 7 heteroatoms. The molecule has 0 aromatic rings. The molecule has 0 heterocycles. The second-order valence-electron chi connectivity index (χ2n) is 2.94. The molecule has 0 aliphatic rings. The number of nitrogens with zero attached hydrogens (tertiary/aromatic N) is 1. The van der Waals surface area contributed by atoms with Gasteiger partial charge in [0.2, 0.25) is 5.91 Å². The normalized spacial score (nSPS) is 10.7. The number of rotatable bonds is 3. The summed E-state index contributed by atoms with van der Waals surface area (Å²) in [6.45, 7) is 4.55. The summed E-state index contributed by atoms with van der Waals surface area (Å²) in [6.07, 6.45) is 0. The van der Waals surface area contributed by atoms with Crippen LogP contribution in [-0.4, -0.2) is 24.5 Å². The van der Waals surface area contributed by atoms with Crippen molar-refractivity contribution >= 4 is 17.8 Å². The van der Waals surface area contributed by atoms with Crippen molar-refractivity contribution in [2.24, 2.45) is 0 Å². The van der Waals surface area contributed by atoms with E-state index < -0.39 is 17.8 Å². The van der Waals surface area contributed by atoms with Crippen LogP contribution >= 0.6 is 0 Å². The van der Waals surface area contributed by atoms with Crippen molar-refractivity contribution in [3.05, 3.63) is 11.3 Å². The van der Waals surface area contributed by atoms with Gasteiger partial charge < -0.3 is 4.74 Å². The molecule has 0 saturated heterocycles. The van der Waals surface area contributed by atoms with Gasteiger partial charge in [0, 0.05) is 6.92 Å². The number of imide groups is 2. The second-order valence-corrected chi connectivity index (χ2v) is 2.94. The van der Waals surface area contributed by atoms with Gasteiger partial charge in [0.15, 0.2) is 5.57 Å². The third-order valence-corrected chi connectivity index (χ3v) is 1.57. The van der Waals surface area contributed by atoms with Gasteiger partial charge in [-0.3, -0.25) is 20.2 Å². The Morgan fingerprint density at radius 1 is 1.24 bits per heavy atom. The number of urea groups is 1. The average molecular weight is 239 g/mol. The molecule has 0 unspecified atom stereocenters. The van der Waals surface area contributed by atoms with Crippen molar-refractivity contribution in [1.82, 2.24) is 10.6 Å². The number of allylic oxidation sites excluding steroid dienone is 1. The van der Waals surface area contributed by atoms with Crippen molar-refractivity contribution in [3.63, 3.8) is 0 Å². The molecular weight excluding hydrogens is 226 g/mol. The van der Waals surface area contributed by atoms with Crippen LogP contribution in [0.1, 0.15) is 20.8 Å². The molecule has 0 saturated carbocycles. The Morgan fingerprint density at radius 3 is 2.24 bits per heavy atom. The number of ether oxygens (including phenoxy) is 1. The third-order valence-electron chi connectivity index (χ3n) is 1.57. The largest absolute Gasteiger partial charge is 0.497 e. The van der Waals surface area contributed by atoms with E-state index in [0.29, 0.717) is 6.61 Å². The van der Waals surface area contributed by atoms with Crippen LogP contribution in [0.15, 0.2) is 11.3 Å². The highest BCUT2D eigenvalue weighted by Crippen LogP contribution is 2.04. The molecule has 0 aliphatic heterocycles. The van der Waals surface area contributed by atoms with Crippen LogP contribution in [0.2, 0.25) is 0 Å². The average Bonchev–Trinajstić information content (AvgIpc) is 2.17. The predicted molar refractivity (Wildman–Crippen MR) is 57.3 cm³/mol. The van der Waals surface area contributed by atoms with E-state index in [4.69, 9.17) is 10.00 Å². The Kier molecular flexibility index (Phi) is 6.03. The highest BCUT2D eigenvalue weighted by Gasteiger charge is 2.16. The first-order valence-corrected chi connectivity index (χ1v) is 4.79. The van der Waals surface area contributed by atoms with Crippen molar-refractivity contribution in [2.75, 3.05) is 6.61 Å². The lowest BCUT2D eigenvalue weighted by atomic mass is 10.2. The summed E-state index contributed by atoms with van der Waals surface area (Å²) in [6, 6.07) is 0.636. The fourth-order valence-electron chi connectivity index (χ4n) is 0.935. The molecule has 7 nitrogen and oxygen atoms in total. The van der Waals surface area contributed by atoms with Crippen molar-refractivity contribution in [2.45, 2.75) is 20.8 Å². The Balaban J connectivity index is 4.69. The molecular formula is C10H13N3O4. The van der Waals surface area contributed by atoms with E-state index in [0.717, 1.165) is 6.92 Å². The molecule has 0 fully saturated rings. The van der Waals surface area contributed by atoms with Crippen LogP contribution in [0.3, 0.4) is 0 Å². The maximum Gasteiger partial charge on any atom is 0.328 e. The quantitative estimate of drug-likeness (QED) is 0.415. The molecule has 0 spiro atoms. The minimum absolute atomic E-state index is 0.114. The minimum atomic E-state index is -0.987.